The highest BCUT2D eigenvalue weighted by Gasteiger charge is 1.99. The van der Waals surface area contributed by atoms with Crippen LogP contribution in [0, 0.1) is 0 Å². The van der Waals surface area contributed by atoms with Crippen LogP contribution in [0.25, 0.3) is 0 Å². The number of Topliss-reactive ketones (excluding diaryl/α,β-unsaturated/α-hetero) is 1. The second-order valence-electron chi connectivity index (χ2n) is 1.46. The summed E-state index contributed by atoms with van der Waals surface area (Å²) < 4.78 is 0.747. The van der Waals surface area contributed by atoms with Crippen LogP contribution in [0.5, 0.6) is 0 Å². The lowest BCUT2D eigenvalue weighted by Crippen LogP contribution is -1.99. The molecule has 0 saturated heterocycles. The zero-order valence-corrected chi connectivity index (χ0v) is 5.68. The Balaban J connectivity index is 2.71. The highest BCUT2D eigenvalue weighted by molar-refractivity contribution is 9.11. The van der Waals surface area contributed by atoms with Gasteiger partial charge in [-0.25, -0.2) is 4.99 Å². The molecular formula is C5H4BrNO. The maximum absolute atomic E-state index is 10.4. The molecule has 0 aromatic carbocycles. The molecule has 0 fully saturated rings. The quantitative estimate of drug-likeness (QED) is 0.508. The van der Waals surface area contributed by atoms with E-state index in [1.165, 1.54) is 6.21 Å². The Kier molecular flexibility index (Phi) is 1.58. The van der Waals surface area contributed by atoms with Crippen LogP contribution in [0.2, 0.25) is 0 Å². The highest BCUT2D eigenvalue weighted by atomic mass is 79.9. The average molecular weight is 174 g/mol. The standard InChI is InChI=1S/C5H4BrNO/c6-5-2-1-4(8)3-7-5/h2-3H,1H2. The topological polar surface area (TPSA) is 29.4 Å². The Bertz CT molecular complexity index is 169. The monoisotopic (exact) mass is 173 g/mol. The number of ketones is 1. The molecule has 2 nitrogen and oxygen atoms in total. The van der Waals surface area contributed by atoms with Gasteiger partial charge in [0.1, 0.15) is 4.61 Å². The van der Waals surface area contributed by atoms with Crippen LogP contribution in [-0.2, 0) is 4.79 Å². The van der Waals surface area contributed by atoms with Crippen LogP contribution in [-0.4, -0.2) is 12.0 Å². The summed E-state index contributed by atoms with van der Waals surface area (Å²) in [4.78, 5) is 14.1. The molecule has 1 aliphatic rings. The van der Waals surface area contributed by atoms with E-state index in [0.29, 0.717) is 6.42 Å². The first-order chi connectivity index (χ1) is 3.79. The molecule has 1 heterocycles. The maximum Gasteiger partial charge on any atom is 0.177 e. The molecule has 1 aliphatic heterocycles. The summed E-state index contributed by atoms with van der Waals surface area (Å²) in [6.45, 7) is 0. The third-order valence-electron chi connectivity index (χ3n) is 0.804. The van der Waals surface area contributed by atoms with Crippen molar-refractivity contribution in [3.8, 4) is 0 Å². The van der Waals surface area contributed by atoms with Gasteiger partial charge in [-0.1, -0.05) is 0 Å². The third kappa shape index (κ3) is 1.26. The largest absolute Gasteiger partial charge is 0.293 e. The van der Waals surface area contributed by atoms with Crippen molar-refractivity contribution < 1.29 is 4.79 Å². The van der Waals surface area contributed by atoms with Gasteiger partial charge in [0.2, 0.25) is 0 Å². The van der Waals surface area contributed by atoms with Crippen LogP contribution in [0.15, 0.2) is 15.7 Å². The van der Waals surface area contributed by atoms with Crippen molar-refractivity contribution in [1.82, 2.24) is 0 Å². The summed E-state index contributed by atoms with van der Waals surface area (Å²) in [5, 5.41) is 0. The van der Waals surface area contributed by atoms with Crippen LogP contribution < -0.4 is 0 Å². The minimum atomic E-state index is 0.0631. The Morgan fingerprint density at radius 2 is 2.50 bits per heavy atom. The van der Waals surface area contributed by atoms with E-state index in [1.54, 1.807) is 6.08 Å². The average Bonchev–Trinajstić information content (AvgIpc) is 1.77. The molecule has 8 heavy (non-hydrogen) atoms. The first-order valence-corrected chi connectivity index (χ1v) is 3.01. The zero-order chi connectivity index (χ0) is 5.98. The van der Waals surface area contributed by atoms with Gasteiger partial charge in [0.15, 0.2) is 5.78 Å². The van der Waals surface area contributed by atoms with Gasteiger partial charge >= 0.3 is 0 Å². The molecular weight excluding hydrogens is 170 g/mol. The molecule has 42 valence electrons. The number of halogens is 1. The first kappa shape index (κ1) is 5.69. The second kappa shape index (κ2) is 2.22. The van der Waals surface area contributed by atoms with E-state index in [9.17, 15) is 4.79 Å². The van der Waals surface area contributed by atoms with Gasteiger partial charge in [-0.15, -0.1) is 0 Å². The molecule has 3 heteroatoms. The highest BCUT2D eigenvalue weighted by Crippen LogP contribution is 2.09. The van der Waals surface area contributed by atoms with Gasteiger partial charge in [0.05, 0.1) is 6.21 Å². The summed E-state index contributed by atoms with van der Waals surface area (Å²) >= 11 is 3.13. The van der Waals surface area contributed by atoms with Crippen LogP contribution >= 0.6 is 15.9 Å². The lowest BCUT2D eigenvalue weighted by molar-refractivity contribution is -0.111. The number of aliphatic imine (C=N–C) groups is 1. The number of carbonyl (C=O) groups excluding carboxylic acids is 1. The summed E-state index contributed by atoms with van der Waals surface area (Å²) in [5.74, 6) is 0.0631. The van der Waals surface area contributed by atoms with E-state index in [-0.39, 0.29) is 5.78 Å². The molecule has 0 aromatic heterocycles. The minimum absolute atomic E-state index is 0.0631. The molecule has 0 aromatic rings. The van der Waals surface area contributed by atoms with Gasteiger partial charge in [0.25, 0.3) is 0 Å². The predicted octanol–water partition coefficient (Wildman–Crippen LogP) is 1.27. The Labute approximate surface area is 55.4 Å². The van der Waals surface area contributed by atoms with Crippen LogP contribution in [0.1, 0.15) is 6.42 Å². The fourth-order valence-electron chi connectivity index (χ4n) is 0.424. The van der Waals surface area contributed by atoms with E-state index in [2.05, 4.69) is 20.9 Å². The van der Waals surface area contributed by atoms with Crippen molar-refractivity contribution in [1.29, 1.82) is 0 Å². The minimum Gasteiger partial charge on any atom is -0.293 e. The fourth-order valence-corrected chi connectivity index (χ4v) is 0.688. The molecule has 0 N–H and O–H groups in total. The SMILES string of the molecule is O=C1C=NC(Br)=CC1. The summed E-state index contributed by atoms with van der Waals surface area (Å²) in [6.07, 6.45) is 3.54. The van der Waals surface area contributed by atoms with E-state index >= 15 is 0 Å². The molecule has 0 bridgehead atoms. The Hall–Kier alpha value is -0.440. The van der Waals surface area contributed by atoms with Crippen molar-refractivity contribution in [3.05, 3.63) is 10.7 Å². The van der Waals surface area contributed by atoms with Crippen LogP contribution in [0.3, 0.4) is 0 Å². The number of hydrogen-bond acceptors (Lipinski definition) is 2. The summed E-state index contributed by atoms with van der Waals surface area (Å²) in [6, 6.07) is 0. The van der Waals surface area contributed by atoms with Crippen molar-refractivity contribution in [2.75, 3.05) is 0 Å². The molecule has 0 atom stereocenters. The number of rotatable bonds is 0. The predicted molar refractivity (Wildman–Crippen MR) is 35.1 cm³/mol. The summed E-state index contributed by atoms with van der Waals surface area (Å²) in [5.41, 5.74) is 0. The second-order valence-corrected chi connectivity index (χ2v) is 2.27. The molecule has 0 saturated carbocycles. The number of hydrogen-bond donors (Lipinski definition) is 0. The van der Waals surface area contributed by atoms with Crippen molar-refractivity contribution in [2.45, 2.75) is 6.42 Å². The third-order valence-corrected chi connectivity index (χ3v) is 1.33. The molecule has 0 amide bonds. The molecule has 0 unspecified atom stereocenters. The summed E-state index contributed by atoms with van der Waals surface area (Å²) in [7, 11) is 0. The van der Waals surface area contributed by atoms with Crippen molar-refractivity contribution >= 4 is 27.9 Å². The molecule has 1 rings (SSSR count). The maximum atomic E-state index is 10.4. The van der Waals surface area contributed by atoms with E-state index < -0.39 is 0 Å². The van der Waals surface area contributed by atoms with Gasteiger partial charge < -0.3 is 0 Å². The van der Waals surface area contributed by atoms with Gasteiger partial charge in [0, 0.05) is 6.42 Å². The van der Waals surface area contributed by atoms with Gasteiger partial charge in [-0.05, 0) is 22.0 Å². The van der Waals surface area contributed by atoms with Gasteiger partial charge in [-0.2, -0.15) is 0 Å². The number of carbonyl (C=O) groups is 1. The normalized spacial score (nSPS) is 18.6. The van der Waals surface area contributed by atoms with E-state index in [1.807, 2.05) is 0 Å². The van der Waals surface area contributed by atoms with E-state index in [0.717, 1.165) is 4.61 Å². The smallest absolute Gasteiger partial charge is 0.177 e. The number of nitrogens with zero attached hydrogens (tertiary/aromatic N) is 1. The Morgan fingerprint density at radius 1 is 1.75 bits per heavy atom. The first-order valence-electron chi connectivity index (χ1n) is 2.21. The van der Waals surface area contributed by atoms with Crippen molar-refractivity contribution in [2.24, 2.45) is 4.99 Å². The molecule has 0 radical (unpaired) electrons. The molecule has 0 spiro atoms. The Morgan fingerprint density at radius 3 is 2.88 bits per heavy atom. The fraction of sp³-hybridized carbons (Fsp3) is 0.200. The zero-order valence-electron chi connectivity index (χ0n) is 4.10. The van der Waals surface area contributed by atoms with E-state index in [4.69, 9.17) is 0 Å². The van der Waals surface area contributed by atoms with Gasteiger partial charge in [-0.3, -0.25) is 4.79 Å². The molecule has 0 aliphatic carbocycles. The number of allylic oxidation sites excluding steroid dienone is 1. The van der Waals surface area contributed by atoms with Crippen LogP contribution in [0.4, 0.5) is 0 Å². The lowest BCUT2D eigenvalue weighted by atomic mass is 10.3. The van der Waals surface area contributed by atoms with Crippen molar-refractivity contribution in [3.63, 3.8) is 0 Å². The lowest BCUT2D eigenvalue weighted by Gasteiger charge is -1.94.